The molecule has 0 aromatic heterocycles. The van der Waals surface area contributed by atoms with E-state index in [0.717, 1.165) is 0 Å². The maximum absolute atomic E-state index is 11.5. The molecule has 0 aliphatic carbocycles. The minimum atomic E-state index is -1.18. The van der Waals surface area contributed by atoms with Gasteiger partial charge in [0, 0.05) is 47.7 Å². The zero-order valence-electron chi connectivity index (χ0n) is 21.3. The number of rotatable bonds is 4. The summed E-state index contributed by atoms with van der Waals surface area (Å²) in [5.41, 5.74) is 1.29. The van der Waals surface area contributed by atoms with Crippen LogP contribution in [-0.2, 0) is 12.8 Å². The maximum Gasteiger partial charge on any atom is 0.157 e. The topological polar surface area (TPSA) is 201 Å². The number of benzene rings is 4. The molecule has 11 nitrogen and oxygen atoms in total. The lowest BCUT2D eigenvalue weighted by molar-refractivity contribution is 0.0195. The molecule has 0 fully saturated rings. The monoisotopic (exact) mass is 562 g/mol. The van der Waals surface area contributed by atoms with Crippen LogP contribution >= 0.6 is 0 Å². The van der Waals surface area contributed by atoms with Gasteiger partial charge in [0.2, 0.25) is 0 Å². The van der Waals surface area contributed by atoms with Crippen molar-refractivity contribution in [1.29, 1.82) is 0 Å². The molecule has 0 saturated carbocycles. The van der Waals surface area contributed by atoms with Gasteiger partial charge in [-0.1, -0.05) is 12.1 Å². The molecular formula is C30H26O11. The summed E-state index contributed by atoms with van der Waals surface area (Å²) in [5, 5.41) is 93.7. The van der Waals surface area contributed by atoms with Gasteiger partial charge in [-0.25, -0.2) is 0 Å². The average Bonchev–Trinajstić information content (AvgIpc) is 3.34. The number of hydrogen-bond acceptors (Lipinski definition) is 11. The van der Waals surface area contributed by atoms with Gasteiger partial charge >= 0.3 is 0 Å². The second-order valence-electron chi connectivity index (χ2n) is 10.2. The highest BCUT2D eigenvalue weighted by Gasteiger charge is 2.41. The first-order valence-corrected chi connectivity index (χ1v) is 12.7. The van der Waals surface area contributed by atoms with Crippen molar-refractivity contribution >= 4 is 0 Å². The Morgan fingerprint density at radius 3 is 2.00 bits per heavy atom. The maximum atomic E-state index is 11.5. The lowest BCUT2D eigenvalue weighted by Gasteiger charge is -2.33. The molecule has 0 amide bonds. The van der Waals surface area contributed by atoms with Gasteiger partial charge < -0.3 is 55.4 Å². The third-order valence-corrected chi connectivity index (χ3v) is 7.62. The van der Waals surface area contributed by atoms with E-state index in [1.54, 1.807) is 0 Å². The number of aromatic hydroxyl groups is 8. The number of fused-ring (bicyclic) bond motifs is 2. The highest BCUT2D eigenvalue weighted by atomic mass is 16.5. The lowest BCUT2D eigenvalue weighted by Crippen LogP contribution is -2.31. The normalized spacial score (nSPS) is 20.0. The fraction of sp³-hybridized carbons (Fsp3) is 0.200. The van der Waals surface area contributed by atoms with Gasteiger partial charge in [0.1, 0.15) is 46.7 Å². The van der Waals surface area contributed by atoms with Crippen molar-refractivity contribution in [2.24, 2.45) is 0 Å². The van der Waals surface area contributed by atoms with Gasteiger partial charge in [-0.3, -0.25) is 0 Å². The van der Waals surface area contributed by atoms with Crippen molar-refractivity contribution in [3.05, 3.63) is 82.4 Å². The minimum Gasteiger partial charge on any atom is -0.508 e. The van der Waals surface area contributed by atoms with E-state index in [4.69, 9.17) is 9.47 Å². The molecule has 0 bridgehead atoms. The molecule has 212 valence electrons. The Morgan fingerprint density at radius 2 is 1.29 bits per heavy atom. The second-order valence-corrected chi connectivity index (χ2v) is 10.2. The van der Waals surface area contributed by atoms with E-state index in [9.17, 15) is 46.0 Å². The summed E-state index contributed by atoms with van der Waals surface area (Å²) in [4.78, 5) is 0. The van der Waals surface area contributed by atoms with Crippen LogP contribution < -0.4 is 9.47 Å². The number of phenolic OH excluding ortho intramolecular Hbond substituents is 8. The van der Waals surface area contributed by atoms with Crippen LogP contribution in [0.25, 0.3) is 0 Å². The average molecular weight is 563 g/mol. The van der Waals surface area contributed by atoms with Crippen LogP contribution in [-0.4, -0.2) is 58.2 Å². The Labute approximate surface area is 232 Å². The molecule has 2 heterocycles. The molecule has 11 heteroatoms. The van der Waals surface area contributed by atoms with Gasteiger partial charge in [-0.15, -0.1) is 0 Å². The van der Waals surface area contributed by atoms with E-state index in [0.29, 0.717) is 16.7 Å². The molecule has 6 rings (SSSR count). The van der Waals surface area contributed by atoms with Crippen LogP contribution in [0.4, 0.5) is 0 Å². The molecule has 0 spiro atoms. The van der Waals surface area contributed by atoms with Crippen LogP contribution in [0.5, 0.6) is 57.5 Å². The Kier molecular flexibility index (Phi) is 6.04. The zero-order chi connectivity index (χ0) is 29.2. The summed E-state index contributed by atoms with van der Waals surface area (Å²) in [6, 6.07) is 11.8. The lowest BCUT2D eigenvalue weighted by atomic mass is 9.81. The molecule has 41 heavy (non-hydrogen) atoms. The summed E-state index contributed by atoms with van der Waals surface area (Å²) in [6.07, 6.45) is -3.01. The van der Waals surface area contributed by atoms with E-state index in [2.05, 4.69) is 0 Å². The summed E-state index contributed by atoms with van der Waals surface area (Å²) in [7, 11) is 0. The second kappa shape index (κ2) is 9.49. The standard InChI is InChI=1S/C30H26O11/c31-14-7-19(34)15-10-26(40-24(15)8-14)27(12-1-3-17(32)20(35)5-12)28-22(37)11-25-16(29(28)39)9-23(38)30(41-25)13-2-4-18(33)21(36)6-13/h1-8,11,23,26-27,30-39H,9-10H2. The molecule has 4 aromatic carbocycles. The van der Waals surface area contributed by atoms with E-state index in [1.165, 1.54) is 54.6 Å². The molecule has 4 aromatic rings. The van der Waals surface area contributed by atoms with Gasteiger partial charge in [-0.05, 0) is 35.4 Å². The Bertz CT molecular complexity index is 1680. The van der Waals surface area contributed by atoms with Crippen molar-refractivity contribution in [3.63, 3.8) is 0 Å². The van der Waals surface area contributed by atoms with Crippen LogP contribution in [0.15, 0.2) is 54.6 Å². The summed E-state index contributed by atoms with van der Waals surface area (Å²) in [5.74, 6) is -3.46. The zero-order valence-corrected chi connectivity index (χ0v) is 21.3. The van der Waals surface area contributed by atoms with Crippen molar-refractivity contribution in [2.45, 2.75) is 37.1 Å². The van der Waals surface area contributed by atoms with E-state index < -0.39 is 47.2 Å². The van der Waals surface area contributed by atoms with Crippen molar-refractivity contribution in [2.75, 3.05) is 0 Å². The Hall–Kier alpha value is -5.16. The highest BCUT2D eigenvalue weighted by molar-refractivity contribution is 5.63. The first kappa shape index (κ1) is 26.1. The largest absolute Gasteiger partial charge is 0.508 e. The Morgan fingerprint density at radius 1 is 0.610 bits per heavy atom. The summed E-state index contributed by atoms with van der Waals surface area (Å²) >= 11 is 0. The quantitative estimate of drug-likeness (QED) is 0.165. The van der Waals surface area contributed by atoms with Gasteiger partial charge in [-0.2, -0.15) is 0 Å². The number of ether oxygens (including phenoxy) is 2. The predicted octanol–water partition coefficient (Wildman–Crippen LogP) is 3.50. The molecule has 0 saturated heterocycles. The van der Waals surface area contributed by atoms with Crippen LogP contribution in [0.2, 0.25) is 0 Å². The molecule has 0 radical (unpaired) electrons. The molecule has 2 aliphatic heterocycles. The SMILES string of the molecule is Oc1cc(O)c2c(c1)OC(C(c1ccc(O)c(O)c1)c1c(O)cc3c(c1O)CC(O)C(c1ccc(O)c(O)c1)O3)C2. The van der Waals surface area contributed by atoms with Crippen LogP contribution in [0.1, 0.15) is 39.8 Å². The van der Waals surface area contributed by atoms with Crippen LogP contribution in [0.3, 0.4) is 0 Å². The summed E-state index contributed by atoms with van der Waals surface area (Å²) in [6.45, 7) is 0. The van der Waals surface area contributed by atoms with Crippen molar-refractivity contribution < 1.29 is 55.4 Å². The van der Waals surface area contributed by atoms with Gasteiger partial charge in [0.25, 0.3) is 0 Å². The Balaban J connectivity index is 1.44. The molecular weight excluding hydrogens is 536 g/mol. The number of hydrogen-bond donors (Lipinski definition) is 9. The molecule has 9 N–H and O–H groups in total. The first-order valence-electron chi connectivity index (χ1n) is 12.7. The van der Waals surface area contributed by atoms with Gasteiger partial charge in [0.05, 0.1) is 12.0 Å². The first-order chi connectivity index (χ1) is 19.5. The van der Waals surface area contributed by atoms with E-state index >= 15 is 0 Å². The third-order valence-electron chi connectivity index (χ3n) is 7.62. The van der Waals surface area contributed by atoms with Gasteiger partial charge in [0.15, 0.2) is 23.0 Å². The van der Waals surface area contributed by atoms with E-state index in [1.807, 2.05) is 0 Å². The summed E-state index contributed by atoms with van der Waals surface area (Å²) < 4.78 is 12.0. The fourth-order valence-electron chi connectivity index (χ4n) is 5.66. The smallest absolute Gasteiger partial charge is 0.157 e. The molecule has 4 unspecified atom stereocenters. The minimum absolute atomic E-state index is 0.00751. The molecule has 2 aliphatic rings. The van der Waals surface area contributed by atoms with Crippen molar-refractivity contribution in [1.82, 2.24) is 0 Å². The highest BCUT2D eigenvalue weighted by Crippen LogP contribution is 2.52. The van der Waals surface area contributed by atoms with Crippen molar-refractivity contribution in [3.8, 4) is 57.5 Å². The van der Waals surface area contributed by atoms with E-state index in [-0.39, 0.29) is 58.5 Å². The molecule has 4 atom stereocenters. The number of aliphatic hydroxyl groups is 1. The number of phenols is 8. The predicted molar refractivity (Wildman–Crippen MR) is 142 cm³/mol. The fourth-order valence-corrected chi connectivity index (χ4v) is 5.66. The number of aliphatic hydroxyl groups excluding tert-OH is 1. The third kappa shape index (κ3) is 4.36. The van der Waals surface area contributed by atoms with Crippen LogP contribution in [0, 0.1) is 0 Å².